The number of nitrogens with one attached hydrogen (secondary N) is 1. The van der Waals surface area contributed by atoms with Crippen molar-refractivity contribution in [1.82, 2.24) is 14.8 Å². The molecule has 0 radical (unpaired) electrons. The summed E-state index contributed by atoms with van der Waals surface area (Å²) in [6.07, 6.45) is 12.5. The van der Waals surface area contributed by atoms with Gasteiger partial charge in [0.05, 0.1) is 12.2 Å². The van der Waals surface area contributed by atoms with E-state index in [1.807, 2.05) is 26.4 Å². The van der Waals surface area contributed by atoms with Crippen molar-refractivity contribution in [2.45, 2.75) is 84.5 Å². The van der Waals surface area contributed by atoms with E-state index in [9.17, 15) is 9.59 Å². The summed E-state index contributed by atoms with van der Waals surface area (Å²) < 4.78 is 0. The molecule has 2 amide bonds. The molecule has 1 rings (SSSR count). The Bertz CT molecular complexity index is 604. The highest BCUT2D eigenvalue weighted by Crippen LogP contribution is 2.15. The van der Waals surface area contributed by atoms with Crippen molar-refractivity contribution >= 4 is 28.3 Å². The number of amides is 2. The molecule has 0 aliphatic heterocycles. The van der Waals surface area contributed by atoms with Crippen LogP contribution in [0.25, 0.3) is 0 Å². The predicted octanol–water partition coefficient (Wildman–Crippen LogP) is 5.09. The summed E-state index contributed by atoms with van der Waals surface area (Å²) in [6.45, 7) is 5.75. The van der Waals surface area contributed by atoms with Crippen molar-refractivity contribution in [2.75, 3.05) is 39.0 Å². The maximum Gasteiger partial charge on any atom is 0.245 e. The van der Waals surface area contributed by atoms with E-state index in [2.05, 4.69) is 22.1 Å². The molecule has 0 aliphatic carbocycles. The third-order valence-corrected chi connectivity index (χ3v) is 5.96. The summed E-state index contributed by atoms with van der Waals surface area (Å²) in [7, 11) is 4.04. The van der Waals surface area contributed by atoms with Gasteiger partial charge in [-0.2, -0.15) is 0 Å². The Labute approximate surface area is 187 Å². The molecule has 0 aromatic carbocycles. The van der Waals surface area contributed by atoms with Gasteiger partial charge < -0.3 is 15.1 Å². The number of thiazole rings is 1. The Balaban J connectivity index is 2.35. The van der Waals surface area contributed by atoms with Gasteiger partial charge in [0.15, 0.2) is 5.13 Å². The fourth-order valence-electron chi connectivity index (χ4n) is 3.36. The summed E-state index contributed by atoms with van der Waals surface area (Å²) in [6, 6.07) is 0. The molecule has 0 unspecified atom stereocenters. The number of rotatable bonds is 17. The van der Waals surface area contributed by atoms with E-state index in [0.717, 1.165) is 31.5 Å². The van der Waals surface area contributed by atoms with Crippen LogP contribution < -0.4 is 5.32 Å². The van der Waals surface area contributed by atoms with E-state index in [-0.39, 0.29) is 18.4 Å². The lowest BCUT2D eigenvalue weighted by Gasteiger charge is -2.23. The lowest BCUT2D eigenvalue weighted by atomic mass is 10.1. The van der Waals surface area contributed by atoms with Crippen molar-refractivity contribution in [1.29, 1.82) is 0 Å². The summed E-state index contributed by atoms with van der Waals surface area (Å²) in [5.74, 6) is -0.0863. The SMILES string of the molecule is CCCCCCCCCCCC(=O)N(CCCN(C)C)CC(=O)Nc1nc(C)cs1. The molecular weight excluding hydrogens is 396 g/mol. The fraction of sp³-hybridized carbons (Fsp3) is 0.783. The molecule has 1 heterocycles. The van der Waals surface area contributed by atoms with Crippen LogP contribution in [0.1, 0.15) is 83.2 Å². The normalized spacial score (nSPS) is 11.1. The smallest absolute Gasteiger partial charge is 0.245 e. The zero-order valence-corrected chi connectivity index (χ0v) is 20.4. The molecule has 0 fully saturated rings. The van der Waals surface area contributed by atoms with Crippen molar-refractivity contribution in [2.24, 2.45) is 0 Å². The zero-order valence-electron chi connectivity index (χ0n) is 19.5. The van der Waals surface area contributed by atoms with Gasteiger partial charge in [-0.1, -0.05) is 58.3 Å². The van der Waals surface area contributed by atoms with Crippen molar-refractivity contribution in [3.05, 3.63) is 11.1 Å². The van der Waals surface area contributed by atoms with E-state index in [4.69, 9.17) is 0 Å². The molecule has 0 atom stereocenters. The third kappa shape index (κ3) is 13.0. The van der Waals surface area contributed by atoms with Gasteiger partial charge in [0.25, 0.3) is 0 Å². The first-order valence-electron chi connectivity index (χ1n) is 11.6. The molecule has 6 nitrogen and oxygen atoms in total. The summed E-state index contributed by atoms with van der Waals surface area (Å²) >= 11 is 1.41. The van der Waals surface area contributed by atoms with Crippen LogP contribution >= 0.6 is 11.3 Å². The van der Waals surface area contributed by atoms with Gasteiger partial charge >= 0.3 is 0 Å². The number of aromatic nitrogens is 1. The Kier molecular flexibility index (Phi) is 14.4. The zero-order chi connectivity index (χ0) is 22.2. The molecule has 0 saturated heterocycles. The molecule has 0 bridgehead atoms. The number of carbonyl (C=O) groups is 2. The van der Waals surface area contributed by atoms with E-state index in [0.29, 0.717) is 18.1 Å². The van der Waals surface area contributed by atoms with E-state index >= 15 is 0 Å². The van der Waals surface area contributed by atoms with Gasteiger partial charge in [-0.3, -0.25) is 9.59 Å². The van der Waals surface area contributed by atoms with Crippen LogP contribution in [-0.2, 0) is 9.59 Å². The molecule has 30 heavy (non-hydrogen) atoms. The Morgan fingerprint density at radius 2 is 1.60 bits per heavy atom. The first kappa shape index (κ1) is 26.6. The lowest BCUT2D eigenvalue weighted by molar-refractivity contribution is -0.134. The van der Waals surface area contributed by atoms with Crippen LogP contribution in [0.3, 0.4) is 0 Å². The average molecular weight is 439 g/mol. The van der Waals surface area contributed by atoms with Crippen LogP contribution in [0.2, 0.25) is 0 Å². The number of anilines is 1. The highest BCUT2D eigenvalue weighted by Gasteiger charge is 2.17. The quantitative estimate of drug-likeness (QED) is 0.344. The van der Waals surface area contributed by atoms with Crippen LogP contribution in [0.4, 0.5) is 5.13 Å². The first-order chi connectivity index (χ1) is 14.4. The minimum absolute atomic E-state index is 0.0853. The Morgan fingerprint density at radius 3 is 2.17 bits per heavy atom. The number of nitrogens with zero attached hydrogens (tertiary/aromatic N) is 3. The van der Waals surface area contributed by atoms with Gasteiger partial charge in [0, 0.05) is 18.3 Å². The number of hydrogen-bond donors (Lipinski definition) is 1. The number of unbranched alkanes of at least 4 members (excludes halogenated alkanes) is 8. The highest BCUT2D eigenvalue weighted by molar-refractivity contribution is 7.13. The van der Waals surface area contributed by atoms with Gasteiger partial charge in [-0.15, -0.1) is 11.3 Å². The summed E-state index contributed by atoms with van der Waals surface area (Å²) in [5.41, 5.74) is 0.888. The molecule has 0 spiro atoms. The molecule has 0 saturated carbocycles. The molecule has 7 heteroatoms. The topological polar surface area (TPSA) is 65.5 Å². The molecular formula is C23H42N4O2S. The van der Waals surface area contributed by atoms with E-state index in [1.165, 1.54) is 56.3 Å². The molecule has 172 valence electrons. The average Bonchev–Trinajstić information content (AvgIpc) is 3.10. The van der Waals surface area contributed by atoms with Crippen LogP contribution in [0.5, 0.6) is 0 Å². The minimum atomic E-state index is -0.172. The largest absolute Gasteiger partial charge is 0.333 e. The molecule has 0 aliphatic rings. The lowest BCUT2D eigenvalue weighted by Crippen LogP contribution is -2.39. The van der Waals surface area contributed by atoms with Gasteiger partial charge in [0.2, 0.25) is 11.8 Å². The maximum atomic E-state index is 12.7. The standard InChI is InChI=1S/C23H42N4O2S/c1-5-6-7-8-9-10-11-12-13-15-22(29)27(17-14-16-26(3)4)18-21(28)25-23-24-20(2)19-30-23/h19H,5-18H2,1-4H3,(H,24,25,28). The number of carbonyl (C=O) groups excluding carboxylic acids is 2. The highest BCUT2D eigenvalue weighted by atomic mass is 32.1. The van der Waals surface area contributed by atoms with E-state index in [1.54, 1.807) is 4.90 Å². The molecule has 1 aromatic rings. The van der Waals surface area contributed by atoms with Crippen molar-refractivity contribution < 1.29 is 9.59 Å². The number of aryl methyl sites for hydroxylation is 1. The fourth-order valence-corrected chi connectivity index (χ4v) is 4.06. The van der Waals surface area contributed by atoms with Gasteiger partial charge in [-0.05, 0) is 40.4 Å². The summed E-state index contributed by atoms with van der Waals surface area (Å²) in [5, 5.41) is 5.31. The summed E-state index contributed by atoms with van der Waals surface area (Å²) in [4.78, 5) is 33.2. The Morgan fingerprint density at radius 1 is 0.967 bits per heavy atom. The second kappa shape index (κ2) is 16.3. The van der Waals surface area contributed by atoms with Crippen molar-refractivity contribution in [3.8, 4) is 0 Å². The van der Waals surface area contributed by atoms with Crippen molar-refractivity contribution in [3.63, 3.8) is 0 Å². The second-order valence-electron chi connectivity index (χ2n) is 8.39. The van der Waals surface area contributed by atoms with Crippen LogP contribution in [0, 0.1) is 6.92 Å². The molecule has 1 N–H and O–H groups in total. The third-order valence-electron chi connectivity index (χ3n) is 5.08. The van der Waals surface area contributed by atoms with E-state index < -0.39 is 0 Å². The van der Waals surface area contributed by atoms with Crippen LogP contribution in [0.15, 0.2) is 5.38 Å². The second-order valence-corrected chi connectivity index (χ2v) is 9.25. The Hall–Kier alpha value is -1.47. The van der Waals surface area contributed by atoms with Crippen LogP contribution in [-0.4, -0.2) is 60.3 Å². The first-order valence-corrected chi connectivity index (χ1v) is 12.4. The molecule has 1 aromatic heterocycles. The number of hydrogen-bond acceptors (Lipinski definition) is 5. The predicted molar refractivity (Wildman–Crippen MR) is 127 cm³/mol. The monoisotopic (exact) mass is 438 g/mol. The van der Waals surface area contributed by atoms with Gasteiger partial charge in [0.1, 0.15) is 0 Å². The maximum absolute atomic E-state index is 12.7. The minimum Gasteiger partial charge on any atom is -0.333 e. The van der Waals surface area contributed by atoms with Gasteiger partial charge in [-0.25, -0.2) is 4.98 Å².